The van der Waals surface area contributed by atoms with E-state index in [1.165, 1.54) is 25.7 Å². The number of fused-ring (bicyclic) bond motifs is 7. The van der Waals surface area contributed by atoms with E-state index in [1.54, 1.807) is 6.92 Å². The molecular formula is C21H32O3. The van der Waals surface area contributed by atoms with Crippen molar-refractivity contribution in [1.29, 1.82) is 0 Å². The van der Waals surface area contributed by atoms with Crippen molar-refractivity contribution in [3.8, 4) is 0 Å². The molecule has 1 aliphatic heterocycles. The summed E-state index contributed by atoms with van der Waals surface area (Å²) in [6, 6.07) is 0. The summed E-state index contributed by atoms with van der Waals surface area (Å²) in [6.07, 6.45) is 9.45. The molecule has 0 radical (unpaired) electrons. The van der Waals surface area contributed by atoms with Crippen molar-refractivity contribution in [2.75, 3.05) is 0 Å². The van der Waals surface area contributed by atoms with Crippen LogP contribution in [0.25, 0.3) is 0 Å². The number of aliphatic hydroxyl groups excluding tert-OH is 1. The summed E-state index contributed by atoms with van der Waals surface area (Å²) in [5, 5.41) is 10.1. The molecule has 0 aromatic rings. The van der Waals surface area contributed by atoms with Crippen LogP contribution in [0.15, 0.2) is 0 Å². The van der Waals surface area contributed by atoms with Gasteiger partial charge in [0.1, 0.15) is 0 Å². The second kappa shape index (κ2) is 4.65. The lowest BCUT2D eigenvalue weighted by Gasteiger charge is -2.61. The fourth-order valence-corrected chi connectivity index (χ4v) is 8.30. The molecule has 0 spiro atoms. The van der Waals surface area contributed by atoms with Crippen LogP contribution in [0.5, 0.6) is 0 Å². The number of ketones is 1. The molecule has 4 aliphatic carbocycles. The molecule has 5 fully saturated rings. The molecule has 1 N–H and O–H groups in total. The first kappa shape index (κ1) is 15.8. The highest BCUT2D eigenvalue weighted by atomic mass is 16.6. The van der Waals surface area contributed by atoms with Crippen molar-refractivity contribution in [3.63, 3.8) is 0 Å². The molecule has 0 aromatic carbocycles. The minimum Gasteiger partial charge on any atom is -0.393 e. The third kappa shape index (κ3) is 1.65. The Morgan fingerprint density at radius 1 is 1.04 bits per heavy atom. The van der Waals surface area contributed by atoms with Gasteiger partial charge in [-0.1, -0.05) is 13.8 Å². The zero-order valence-electron chi connectivity index (χ0n) is 15.4. The van der Waals surface area contributed by atoms with Crippen LogP contribution in [0.4, 0.5) is 0 Å². The quantitative estimate of drug-likeness (QED) is 0.745. The second-order valence-electron chi connectivity index (χ2n) is 10.2. The minimum atomic E-state index is -0.427. The van der Waals surface area contributed by atoms with E-state index in [1.807, 2.05) is 0 Å². The van der Waals surface area contributed by atoms with Crippen LogP contribution in [0, 0.1) is 34.5 Å². The maximum atomic E-state index is 12.4. The van der Waals surface area contributed by atoms with Crippen molar-refractivity contribution >= 4 is 5.78 Å². The molecule has 5 rings (SSSR count). The molecule has 1 heterocycles. The molecule has 0 unspecified atom stereocenters. The number of epoxide rings is 1. The first-order valence-corrected chi connectivity index (χ1v) is 10.2. The molecule has 3 nitrogen and oxygen atoms in total. The predicted molar refractivity (Wildman–Crippen MR) is 91.4 cm³/mol. The van der Waals surface area contributed by atoms with Gasteiger partial charge in [-0.3, -0.25) is 4.79 Å². The zero-order valence-corrected chi connectivity index (χ0v) is 15.4. The van der Waals surface area contributed by atoms with Crippen molar-refractivity contribution in [2.24, 2.45) is 34.5 Å². The van der Waals surface area contributed by atoms with E-state index in [4.69, 9.17) is 4.74 Å². The van der Waals surface area contributed by atoms with E-state index < -0.39 is 5.60 Å². The van der Waals surface area contributed by atoms with E-state index in [9.17, 15) is 9.90 Å². The van der Waals surface area contributed by atoms with Crippen LogP contribution in [-0.4, -0.2) is 28.7 Å². The van der Waals surface area contributed by atoms with Crippen LogP contribution in [0.1, 0.15) is 72.1 Å². The topological polar surface area (TPSA) is 49.8 Å². The number of hydrogen-bond donors (Lipinski definition) is 1. The number of Topliss-reactive ketones (excluding diaryl/α,β-unsaturated/α-hetero) is 1. The van der Waals surface area contributed by atoms with Crippen LogP contribution in [0.2, 0.25) is 0 Å². The maximum absolute atomic E-state index is 12.4. The Kier molecular flexibility index (Phi) is 3.06. The molecule has 5 aliphatic rings. The second-order valence-corrected chi connectivity index (χ2v) is 10.2. The summed E-state index contributed by atoms with van der Waals surface area (Å²) >= 11 is 0. The van der Waals surface area contributed by atoms with Gasteiger partial charge in [0.05, 0.1) is 12.2 Å². The summed E-state index contributed by atoms with van der Waals surface area (Å²) in [7, 11) is 0. The molecule has 0 amide bonds. The standard InChI is InChI=1S/C21H32O3/c1-12(22)21-18(24-21)11-17-15-5-4-13-10-14(23)6-8-19(13,2)16(15)7-9-20(17,21)3/h13-18,23H,4-11H2,1-3H3/t13-,14-,15-,16+,17-,18-,19-,20-,21-/m0/s1. The van der Waals surface area contributed by atoms with E-state index in [0.29, 0.717) is 17.3 Å². The van der Waals surface area contributed by atoms with Gasteiger partial charge in [0.15, 0.2) is 11.4 Å². The number of hydrogen-bond acceptors (Lipinski definition) is 3. The van der Waals surface area contributed by atoms with E-state index in [2.05, 4.69) is 13.8 Å². The van der Waals surface area contributed by atoms with Crippen LogP contribution in [-0.2, 0) is 9.53 Å². The van der Waals surface area contributed by atoms with Gasteiger partial charge < -0.3 is 9.84 Å². The first-order chi connectivity index (χ1) is 11.3. The fourth-order valence-electron chi connectivity index (χ4n) is 8.30. The van der Waals surface area contributed by atoms with E-state index >= 15 is 0 Å². The van der Waals surface area contributed by atoms with Crippen molar-refractivity contribution < 1.29 is 14.6 Å². The Bertz CT molecular complexity index is 588. The molecule has 4 saturated carbocycles. The monoisotopic (exact) mass is 332 g/mol. The molecular weight excluding hydrogens is 300 g/mol. The van der Waals surface area contributed by atoms with Gasteiger partial charge in [-0.05, 0) is 87.4 Å². The highest BCUT2D eigenvalue weighted by molar-refractivity contribution is 5.90. The van der Waals surface area contributed by atoms with Crippen LogP contribution >= 0.6 is 0 Å². The third-order valence-corrected chi connectivity index (χ3v) is 9.59. The Balaban J connectivity index is 1.47. The van der Waals surface area contributed by atoms with Gasteiger partial charge in [-0.15, -0.1) is 0 Å². The minimum absolute atomic E-state index is 0.0676. The lowest BCUT2D eigenvalue weighted by atomic mass is 9.44. The lowest BCUT2D eigenvalue weighted by Crippen LogP contribution is -2.56. The van der Waals surface area contributed by atoms with Crippen molar-refractivity contribution in [2.45, 2.75) is 89.9 Å². The first-order valence-electron chi connectivity index (χ1n) is 10.2. The summed E-state index contributed by atoms with van der Waals surface area (Å²) < 4.78 is 6.02. The Labute approximate surface area is 145 Å². The fraction of sp³-hybridized carbons (Fsp3) is 0.952. The molecule has 0 aromatic heterocycles. The third-order valence-electron chi connectivity index (χ3n) is 9.59. The number of carbonyl (C=O) groups excluding carboxylic acids is 1. The van der Waals surface area contributed by atoms with E-state index in [0.717, 1.165) is 37.5 Å². The number of rotatable bonds is 1. The average Bonchev–Trinajstić information content (AvgIpc) is 3.21. The Morgan fingerprint density at radius 2 is 1.83 bits per heavy atom. The molecule has 1 saturated heterocycles. The van der Waals surface area contributed by atoms with E-state index in [-0.39, 0.29) is 23.4 Å². The number of aliphatic hydroxyl groups is 1. The molecule has 0 bridgehead atoms. The van der Waals surface area contributed by atoms with Gasteiger partial charge >= 0.3 is 0 Å². The van der Waals surface area contributed by atoms with Gasteiger partial charge in [0.25, 0.3) is 0 Å². The van der Waals surface area contributed by atoms with Crippen molar-refractivity contribution in [1.82, 2.24) is 0 Å². The van der Waals surface area contributed by atoms with Gasteiger partial charge in [-0.2, -0.15) is 0 Å². The lowest BCUT2D eigenvalue weighted by molar-refractivity contribution is -0.151. The average molecular weight is 332 g/mol. The number of carbonyl (C=O) groups is 1. The molecule has 3 heteroatoms. The summed E-state index contributed by atoms with van der Waals surface area (Å²) in [6.45, 7) is 6.64. The summed E-state index contributed by atoms with van der Waals surface area (Å²) in [5.41, 5.74) is 0.0612. The Hall–Kier alpha value is -0.410. The highest BCUT2D eigenvalue weighted by Crippen LogP contribution is 2.73. The van der Waals surface area contributed by atoms with Crippen LogP contribution < -0.4 is 0 Å². The normalized spacial score (nSPS) is 61.3. The smallest absolute Gasteiger partial charge is 0.164 e. The van der Waals surface area contributed by atoms with Crippen LogP contribution in [0.3, 0.4) is 0 Å². The zero-order chi connectivity index (χ0) is 16.9. The molecule has 24 heavy (non-hydrogen) atoms. The highest BCUT2D eigenvalue weighted by Gasteiger charge is 2.79. The largest absolute Gasteiger partial charge is 0.393 e. The van der Waals surface area contributed by atoms with Gasteiger partial charge in [0, 0.05) is 5.41 Å². The van der Waals surface area contributed by atoms with Gasteiger partial charge in [-0.25, -0.2) is 0 Å². The molecule has 134 valence electrons. The Morgan fingerprint density at radius 3 is 2.58 bits per heavy atom. The van der Waals surface area contributed by atoms with Gasteiger partial charge in [0.2, 0.25) is 0 Å². The SMILES string of the molecule is CC(=O)[C@]12O[C@H]1C[C@H]1[C@H]3CC[C@H]4C[C@@H](O)CC[C@]4(C)[C@@H]3CC[C@@]12C. The number of ether oxygens (including phenoxy) is 1. The maximum Gasteiger partial charge on any atom is 0.164 e. The van der Waals surface area contributed by atoms with Crippen molar-refractivity contribution in [3.05, 3.63) is 0 Å². The molecule has 9 atom stereocenters. The summed E-state index contributed by atoms with van der Waals surface area (Å²) in [5.74, 6) is 3.22. The predicted octanol–water partition coefficient (Wildman–Crippen LogP) is 3.73. The summed E-state index contributed by atoms with van der Waals surface area (Å²) in [4.78, 5) is 12.4.